The van der Waals surface area contributed by atoms with Gasteiger partial charge in [-0.1, -0.05) is 29.8 Å². The Hall–Kier alpha value is -4.53. The number of imide groups is 1. The van der Waals surface area contributed by atoms with Gasteiger partial charge in [-0.15, -0.1) is 0 Å². The molecule has 0 aliphatic carbocycles. The molecule has 2 aromatic carbocycles. The number of benzene rings is 2. The first-order chi connectivity index (χ1) is 18.3. The molecule has 3 aromatic rings. The molecular weight excluding hydrogens is 482 g/mol. The number of carbonyl (C=O) groups excluding carboxylic acids is 2. The molecule has 4 rings (SSSR count). The molecule has 0 spiro atoms. The highest BCUT2D eigenvalue weighted by Crippen LogP contribution is 2.25. The molecule has 0 saturated carbocycles. The predicted octanol–water partition coefficient (Wildman–Crippen LogP) is 6.08. The Bertz CT molecular complexity index is 1290. The van der Waals surface area contributed by atoms with Gasteiger partial charge in [-0.2, -0.15) is 0 Å². The maximum absolute atomic E-state index is 13.5. The molecule has 0 radical (unpaired) electrons. The quantitative estimate of drug-likeness (QED) is 0.283. The number of aromatic nitrogens is 1. The fourth-order valence-corrected chi connectivity index (χ4v) is 4.04. The number of aliphatic hydroxyl groups is 1. The van der Waals surface area contributed by atoms with Gasteiger partial charge in [0, 0.05) is 36.6 Å². The minimum atomic E-state index is -0.758. The van der Waals surface area contributed by atoms with Crippen LogP contribution in [0.1, 0.15) is 36.6 Å². The monoisotopic (exact) mass is 515 g/mol. The normalized spacial score (nSPS) is 15.9. The summed E-state index contributed by atoms with van der Waals surface area (Å²) < 4.78 is 5.89. The number of rotatable bonds is 10. The zero-order chi connectivity index (χ0) is 27.1. The van der Waals surface area contributed by atoms with Gasteiger partial charge in [-0.05, 0) is 69.2 Å². The highest BCUT2D eigenvalue weighted by atomic mass is 16.5. The van der Waals surface area contributed by atoms with Gasteiger partial charge < -0.3 is 15.2 Å². The second-order valence-electron chi connectivity index (χ2n) is 9.19. The van der Waals surface area contributed by atoms with Crippen LogP contribution >= 0.6 is 0 Å². The smallest absolute Gasteiger partial charge is 0.331 e. The highest BCUT2D eigenvalue weighted by Gasteiger charge is 2.38. The van der Waals surface area contributed by atoms with E-state index >= 15 is 0 Å². The lowest BCUT2D eigenvalue weighted by atomic mass is 10.1. The Balaban J connectivity index is 1.49. The number of hydrogen-bond donors (Lipinski definition) is 3. The van der Waals surface area contributed by atoms with Crippen LogP contribution in [0.4, 0.5) is 15.3 Å². The molecule has 198 valence electrons. The van der Waals surface area contributed by atoms with Gasteiger partial charge in [-0.3, -0.25) is 15.2 Å². The zero-order valence-electron chi connectivity index (χ0n) is 21.8. The number of aryl methyl sites for hydroxylation is 2. The summed E-state index contributed by atoms with van der Waals surface area (Å²) in [6.07, 6.45) is 3.39. The molecule has 1 atom stereocenters. The lowest BCUT2D eigenvalue weighted by Gasteiger charge is -2.41. The van der Waals surface area contributed by atoms with Gasteiger partial charge in [0.25, 0.3) is 0 Å². The molecule has 1 aliphatic rings. The van der Waals surface area contributed by atoms with E-state index in [1.54, 1.807) is 30.2 Å². The van der Waals surface area contributed by atoms with Crippen molar-refractivity contribution in [3.8, 4) is 11.5 Å². The molecular formula is C29H33N5O4. The molecule has 1 aliphatic heterocycles. The van der Waals surface area contributed by atoms with Gasteiger partial charge in [0.2, 0.25) is 0 Å². The molecule has 9 nitrogen and oxygen atoms in total. The SMILES string of the molecule is CC=C(O)CCCN1C(=O)NC(Nc2ccc(Oc3ccnc(C)c3)cc2)N(Cc2ccc(C)cc2)C1=O. The first-order valence-corrected chi connectivity index (χ1v) is 12.6. The largest absolute Gasteiger partial charge is 0.513 e. The first-order valence-electron chi connectivity index (χ1n) is 12.6. The summed E-state index contributed by atoms with van der Waals surface area (Å²) in [5.74, 6) is 1.57. The van der Waals surface area contributed by atoms with Crippen LogP contribution in [0.15, 0.2) is 78.7 Å². The van der Waals surface area contributed by atoms with Crippen LogP contribution in [0.3, 0.4) is 0 Å². The van der Waals surface area contributed by atoms with Crippen LogP contribution in [0.5, 0.6) is 11.5 Å². The van der Waals surface area contributed by atoms with E-state index in [0.29, 0.717) is 36.6 Å². The maximum atomic E-state index is 13.5. The van der Waals surface area contributed by atoms with Crippen LogP contribution < -0.4 is 15.4 Å². The molecule has 0 bridgehead atoms. The summed E-state index contributed by atoms with van der Waals surface area (Å²) in [4.78, 5) is 33.3. The Kier molecular flexibility index (Phi) is 8.47. The predicted molar refractivity (Wildman–Crippen MR) is 146 cm³/mol. The van der Waals surface area contributed by atoms with Gasteiger partial charge in [0.1, 0.15) is 11.5 Å². The summed E-state index contributed by atoms with van der Waals surface area (Å²) >= 11 is 0. The second kappa shape index (κ2) is 12.1. The highest BCUT2D eigenvalue weighted by molar-refractivity contribution is 5.96. The molecule has 1 unspecified atom stereocenters. The average Bonchev–Trinajstić information content (AvgIpc) is 2.90. The van der Waals surface area contributed by atoms with Crippen molar-refractivity contribution in [3.05, 3.63) is 95.5 Å². The van der Waals surface area contributed by atoms with Crippen molar-refractivity contribution in [2.24, 2.45) is 0 Å². The van der Waals surface area contributed by atoms with Crippen molar-refractivity contribution in [1.82, 2.24) is 20.1 Å². The first kappa shape index (κ1) is 26.5. The van der Waals surface area contributed by atoms with E-state index in [1.807, 2.05) is 68.4 Å². The lowest BCUT2D eigenvalue weighted by Crippen LogP contribution is -2.67. The minimum Gasteiger partial charge on any atom is -0.513 e. The van der Waals surface area contributed by atoms with E-state index in [2.05, 4.69) is 15.6 Å². The molecule has 3 N–H and O–H groups in total. The molecule has 1 saturated heterocycles. The van der Waals surface area contributed by atoms with Gasteiger partial charge >= 0.3 is 12.1 Å². The summed E-state index contributed by atoms with van der Waals surface area (Å²) in [5, 5.41) is 15.9. The number of pyridine rings is 1. The number of urea groups is 2. The van der Waals surface area contributed by atoms with Crippen molar-refractivity contribution >= 4 is 17.7 Å². The molecule has 4 amide bonds. The standard InChI is InChI=1S/C29H33N5O4/c1-4-24(35)6-5-17-33-28(36)32-27(34(29(33)37)19-22-9-7-20(2)8-10-22)31-23-11-13-25(14-12-23)38-26-15-16-30-21(3)18-26/h4,7-16,18,27,31,35H,5-6,17,19H2,1-3H3,(H,32,36). The van der Waals surface area contributed by atoms with Crippen molar-refractivity contribution in [3.63, 3.8) is 0 Å². The number of amides is 4. The number of nitrogens with zero attached hydrogens (tertiary/aromatic N) is 3. The van der Waals surface area contributed by atoms with Crippen LogP contribution in [0.2, 0.25) is 0 Å². The molecule has 9 heteroatoms. The number of hydrogen-bond acceptors (Lipinski definition) is 6. The van der Waals surface area contributed by atoms with E-state index in [0.717, 1.165) is 16.8 Å². The van der Waals surface area contributed by atoms with Gasteiger partial charge in [0.15, 0.2) is 6.29 Å². The lowest BCUT2D eigenvalue weighted by molar-refractivity contribution is 0.106. The van der Waals surface area contributed by atoms with Crippen molar-refractivity contribution in [2.45, 2.75) is 46.4 Å². The van der Waals surface area contributed by atoms with Crippen molar-refractivity contribution in [1.29, 1.82) is 0 Å². The maximum Gasteiger partial charge on any atom is 0.331 e. The summed E-state index contributed by atoms with van der Waals surface area (Å²) in [5.41, 5.74) is 3.63. The Morgan fingerprint density at radius 3 is 2.50 bits per heavy atom. The van der Waals surface area contributed by atoms with Crippen molar-refractivity contribution < 1.29 is 19.4 Å². The number of anilines is 1. The summed E-state index contributed by atoms with van der Waals surface area (Å²) in [7, 11) is 0. The molecule has 38 heavy (non-hydrogen) atoms. The van der Waals surface area contributed by atoms with E-state index in [-0.39, 0.29) is 12.3 Å². The fourth-order valence-electron chi connectivity index (χ4n) is 4.04. The number of aliphatic hydroxyl groups excluding tert-OH is 1. The third-order valence-corrected chi connectivity index (χ3v) is 6.18. The number of ether oxygens (including phenoxy) is 1. The fraction of sp³-hybridized carbons (Fsp3) is 0.276. The molecule has 1 aromatic heterocycles. The van der Waals surface area contributed by atoms with Crippen LogP contribution in [0.25, 0.3) is 0 Å². The second-order valence-corrected chi connectivity index (χ2v) is 9.19. The average molecular weight is 516 g/mol. The third kappa shape index (κ3) is 6.82. The molecule has 1 fully saturated rings. The zero-order valence-corrected chi connectivity index (χ0v) is 21.8. The van der Waals surface area contributed by atoms with E-state index in [4.69, 9.17) is 4.74 Å². The number of carbonyl (C=O) groups is 2. The number of allylic oxidation sites excluding steroid dienone is 2. The van der Waals surface area contributed by atoms with E-state index in [1.165, 1.54) is 4.90 Å². The van der Waals surface area contributed by atoms with Gasteiger partial charge in [0.05, 0.1) is 12.3 Å². The van der Waals surface area contributed by atoms with Gasteiger partial charge in [-0.25, -0.2) is 14.5 Å². The molecule has 2 heterocycles. The van der Waals surface area contributed by atoms with E-state index < -0.39 is 18.4 Å². The van der Waals surface area contributed by atoms with Crippen LogP contribution in [-0.2, 0) is 6.54 Å². The third-order valence-electron chi connectivity index (χ3n) is 6.18. The topological polar surface area (TPSA) is 107 Å². The summed E-state index contributed by atoms with van der Waals surface area (Å²) in [6.45, 7) is 6.14. The summed E-state index contributed by atoms with van der Waals surface area (Å²) in [6, 6.07) is 18.0. The van der Waals surface area contributed by atoms with Crippen LogP contribution in [0, 0.1) is 13.8 Å². The Morgan fingerprint density at radius 2 is 1.82 bits per heavy atom. The number of nitrogens with one attached hydrogen (secondary N) is 2. The van der Waals surface area contributed by atoms with Crippen LogP contribution in [-0.4, -0.2) is 44.8 Å². The Labute approximate surface area is 222 Å². The minimum absolute atomic E-state index is 0.195. The van der Waals surface area contributed by atoms with E-state index in [9.17, 15) is 14.7 Å². The van der Waals surface area contributed by atoms with Crippen molar-refractivity contribution in [2.75, 3.05) is 11.9 Å². The Morgan fingerprint density at radius 1 is 1.08 bits per heavy atom.